The molecule has 0 saturated carbocycles. The topological polar surface area (TPSA) is 121 Å². The summed E-state index contributed by atoms with van der Waals surface area (Å²) in [6.45, 7) is 3.72. The molecule has 0 unspecified atom stereocenters. The van der Waals surface area contributed by atoms with Crippen LogP contribution in [0.4, 0.5) is 0 Å². The number of aromatic nitrogens is 2. The highest BCUT2D eigenvalue weighted by molar-refractivity contribution is 5.69. The molecule has 0 bridgehead atoms. The summed E-state index contributed by atoms with van der Waals surface area (Å²) in [5.74, 6) is 0.430. The molecule has 8 heteroatoms. The Morgan fingerprint density at radius 1 is 1.38 bits per heavy atom. The van der Waals surface area contributed by atoms with Crippen LogP contribution in [0.1, 0.15) is 49.4 Å². The summed E-state index contributed by atoms with van der Waals surface area (Å²) in [5, 5.41) is 25.8. The van der Waals surface area contributed by atoms with Crippen molar-refractivity contribution in [3.8, 4) is 34.7 Å². The molecule has 1 aromatic heterocycles. The van der Waals surface area contributed by atoms with Gasteiger partial charge in [-0.2, -0.15) is 10.2 Å². The van der Waals surface area contributed by atoms with Gasteiger partial charge in [0, 0.05) is 17.2 Å². The molecular formula is C24H24N4O4. The minimum atomic E-state index is -0.877. The number of rotatable bonds is 7. The summed E-state index contributed by atoms with van der Waals surface area (Å²) in [4.78, 5) is 15.6. The van der Waals surface area contributed by atoms with Gasteiger partial charge in [-0.3, -0.25) is 4.79 Å². The number of hydrogen-bond donors (Lipinski definition) is 2. The molecule has 8 nitrogen and oxygen atoms in total. The second-order valence-electron chi connectivity index (χ2n) is 8.01. The molecular weight excluding hydrogens is 408 g/mol. The Kier molecular flexibility index (Phi) is 6.19. The summed E-state index contributed by atoms with van der Waals surface area (Å²) in [7, 11) is 0. The minimum Gasteiger partial charge on any atom is -0.490 e. The van der Waals surface area contributed by atoms with Gasteiger partial charge in [-0.1, -0.05) is 23.4 Å². The number of nitriles is 1. The number of benzene rings is 2. The van der Waals surface area contributed by atoms with Crippen LogP contribution in [0, 0.1) is 11.3 Å². The van der Waals surface area contributed by atoms with E-state index in [4.69, 9.17) is 14.4 Å². The van der Waals surface area contributed by atoms with Gasteiger partial charge in [0.2, 0.25) is 5.82 Å². The first-order valence-corrected chi connectivity index (χ1v) is 10.6. The van der Waals surface area contributed by atoms with Crippen molar-refractivity contribution in [1.29, 1.82) is 5.26 Å². The van der Waals surface area contributed by atoms with Crippen LogP contribution in [0.5, 0.6) is 5.75 Å². The van der Waals surface area contributed by atoms with Gasteiger partial charge in [0.25, 0.3) is 5.89 Å². The number of carbonyl (C=O) groups is 1. The maximum Gasteiger partial charge on any atom is 0.317 e. The van der Waals surface area contributed by atoms with Crippen LogP contribution < -0.4 is 10.1 Å². The lowest BCUT2D eigenvalue weighted by Crippen LogP contribution is -2.30. The summed E-state index contributed by atoms with van der Waals surface area (Å²) >= 11 is 0. The first-order valence-electron chi connectivity index (χ1n) is 10.6. The van der Waals surface area contributed by atoms with Crippen molar-refractivity contribution >= 4 is 5.97 Å². The Balaban J connectivity index is 1.64. The molecule has 1 aliphatic carbocycles. The fraction of sp³-hybridized carbons (Fsp3) is 0.333. The molecule has 0 amide bonds. The normalized spacial score (nSPS) is 15.2. The van der Waals surface area contributed by atoms with E-state index in [9.17, 15) is 10.1 Å². The highest BCUT2D eigenvalue weighted by atomic mass is 16.5. The fourth-order valence-corrected chi connectivity index (χ4v) is 4.04. The molecule has 2 N–H and O–H groups in total. The van der Waals surface area contributed by atoms with Crippen LogP contribution in [0.3, 0.4) is 0 Å². The smallest absolute Gasteiger partial charge is 0.317 e. The van der Waals surface area contributed by atoms with E-state index in [-0.39, 0.29) is 18.7 Å². The van der Waals surface area contributed by atoms with Crippen molar-refractivity contribution in [1.82, 2.24) is 15.5 Å². The number of nitrogens with zero attached hydrogens (tertiary/aromatic N) is 3. The summed E-state index contributed by atoms with van der Waals surface area (Å²) < 4.78 is 11.2. The molecule has 0 aliphatic heterocycles. The van der Waals surface area contributed by atoms with E-state index < -0.39 is 5.97 Å². The van der Waals surface area contributed by atoms with Crippen LogP contribution in [0.2, 0.25) is 0 Å². The van der Waals surface area contributed by atoms with Gasteiger partial charge < -0.3 is 19.7 Å². The zero-order chi connectivity index (χ0) is 22.7. The molecule has 0 spiro atoms. The monoisotopic (exact) mass is 432 g/mol. The van der Waals surface area contributed by atoms with Gasteiger partial charge in [-0.05, 0) is 62.4 Å². The van der Waals surface area contributed by atoms with E-state index in [0.717, 1.165) is 36.0 Å². The Bertz CT molecular complexity index is 1180. The predicted octanol–water partition coefficient (Wildman–Crippen LogP) is 4.11. The second-order valence-corrected chi connectivity index (χ2v) is 8.01. The number of fused-ring (bicyclic) bond motifs is 1. The Morgan fingerprint density at radius 2 is 2.22 bits per heavy atom. The quantitative estimate of drug-likeness (QED) is 0.572. The number of ether oxygens (including phenoxy) is 1. The molecule has 0 saturated heterocycles. The van der Waals surface area contributed by atoms with Crippen LogP contribution in [0.15, 0.2) is 40.9 Å². The number of carboxylic acid groups (broad SMARTS) is 1. The van der Waals surface area contributed by atoms with E-state index in [0.29, 0.717) is 28.6 Å². The van der Waals surface area contributed by atoms with Gasteiger partial charge in [0.15, 0.2) is 0 Å². The van der Waals surface area contributed by atoms with Crippen molar-refractivity contribution in [2.45, 2.75) is 45.3 Å². The third-order valence-corrected chi connectivity index (χ3v) is 5.38. The van der Waals surface area contributed by atoms with Crippen molar-refractivity contribution < 1.29 is 19.2 Å². The average Bonchev–Trinajstić information content (AvgIpc) is 3.27. The number of hydrogen-bond acceptors (Lipinski definition) is 7. The highest BCUT2D eigenvalue weighted by Crippen LogP contribution is 2.36. The molecule has 1 aliphatic rings. The molecule has 1 atom stereocenters. The molecule has 1 heterocycles. The lowest BCUT2D eigenvalue weighted by Gasteiger charge is -2.27. The van der Waals surface area contributed by atoms with Crippen molar-refractivity contribution in [2.75, 3.05) is 6.54 Å². The van der Waals surface area contributed by atoms with Gasteiger partial charge in [-0.25, -0.2) is 0 Å². The number of nitrogens with one attached hydrogen (secondary N) is 1. The van der Waals surface area contributed by atoms with E-state index in [1.165, 1.54) is 0 Å². The van der Waals surface area contributed by atoms with E-state index in [1.54, 1.807) is 18.2 Å². The van der Waals surface area contributed by atoms with Gasteiger partial charge in [0.05, 0.1) is 18.2 Å². The third-order valence-electron chi connectivity index (χ3n) is 5.38. The van der Waals surface area contributed by atoms with Gasteiger partial charge >= 0.3 is 5.97 Å². The average molecular weight is 432 g/mol. The van der Waals surface area contributed by atoms with Crippen LogP contribution in [-0.2, 0) is 11.2 Å². The number of carboxylic acids is 1. The Morgan fingerprint density at radius 3 is 2.97 bits per heavy atom. The lowest BCUT2D eigenvalue weighted by molar-refractivity contribution is -0.136. The van der Waals surface area contributed by atoms with E-state index in [2.05, 4.69) is 21.5 Å². The Labute approximate surface area is 185 Å². The zero-order valence-electron chi connectivity index (χ0n) is 18.0. The fourth-order valence-electron chi connectivity index (χ4n) is 4.04. The maximum atomic E-state index is 11.0. The molecule has 32 heavy (non-hydrogen) atoms. The largest absolute Gasteiger partial charge is 0.490 e. The first kappa shape index (κ1) is 21.5. The highest BCUT2D eigenvalue weighted by Gasteiger charge is 2.25. The molecule has 0 radical (unpaired) electrons. The summed E-state index contributed by atoms with van der Waals surface area (Å²) in [6, 6.07) is 13.2. The van der Waals surface area contributed by atoms with Crippen LogP contribution in [-0.4, -0.2) is 33.9 Å². The van der Waals surface area contributed by atoms with Gasteiger partial charge in [0.1, 0.15) is 11.8 Å². The van der Waals surface area contributed by atoms with Crippen molar-refractivity contribution in [3.05, 3.63) is 53.1 Å². The summed E-state index contributed by atoms with van der Waals surface area (Å²) in [6.07, 6.45) is 2.64. The first-order chi connectivity index (χ1) is 15.5. The SMILES string of the molecule is CC(C)Oc1ccc(-c2nc(-c3cccc4c3CCC[C@@H]4NCC(=O)O)no2)cc1C#N. The van der Waals surface area contributed by atoms with E-state index >= 15 is 0 Å². The lowest BCUT2D eigenvalue weighted by atomic mass is 9.84. The molecule has 4 rings (SSSR count). The van der Waals surface area contributed by atoms with E-state index in [1.807, 2.05) is 32.0 Å². The molecule has 0 fully saturated rings. The molecule has 3 aromatic rings. The van der Waals surface area contributed by atoms with Crippen molar-refractivity contribution in [2.24, 2.45) is 0 Å². The third kappa shape index (κ3) is 4.48. The summed E-state index contributed by atoms with van der Waals surface area (Å²) in [5.41, 5.74) is 4.10. The maximum absolute atomic E-state index is 11.0. The van der Waals surface area contributed by atoms with Crippen LogP contribution in [0.25, 0.3) is 22.8 Å². The van der Waals surface area contributed by atoms with Crippen LogP contribution >= 0.6 is 0 Å². The predicted molar refractivity (Wildman–Crippen MR) is 117 cm³/mol. The van der Waals surface area contributed by atoms with Crippen molar-refractivity contribution in [3.63, 3.8) is 0 Å². The minimum absolute atomic E-state index is 0.0205. The van der Waals surface area contributed by atoms with Gasteiger partial charge in [-0.15, -0.1) is 0 Å². The standard InChI is InChI=1S/C24H24N4O4/c1-14(2)31-21-10-9-15(11-16(21)12-25)24-27-23(28-32-24)19-7-3-6-18-17(19)5-4-8-20(18)26-13-22(29)30/h3,6-7,9-11,14,20,26H,4-5,8,13H2,1-2H3,(H,29,30)/t20-/m0/s1. The Hall–Kier alpha value is -3.70. The molecule has 164 valence electrons. The zero-order valence-corrected chi connectivity index (χ0v) is 18.0. The number of aliphatic carboxylic acids is 1. The second kappa shape index (κ2) is 9.20. The molecule has 2 aromatic carbocycles.